The molecule has 0 fully saturated rings. The molecule has 0 aliphatic heterocycles. The zero-order chi connectivity index (χ0) is 18.1. The number of unbranched alkanes of at least 4 members (excludes halogenated alkanes) is 14. The molecule has 0 rings (SSSR count). The zero-order valence-electron chi connectivity index (χ0n) is 23.5. The molecule has 0 unspecified atom stereocenters. The second-order valence-corrected chi connectivity index (χ2v) is 7.82. The summed E-state index contributed by atoms with van der Waals surface area (Å²) in [6.45, 7) is 2.25. The van der Waals surface area contributed by atoms with E-state index in [0.717, 1.165) is 12.8 Å². The van der Waals surface area contributed by atoms with Crippen LogP contribution in [0.5, 0.6) is 0 Å². The molecule has 0 aliphatic rings. The summed E-state index contributed by atoms with van der Waals surface area (Å²) < 4.78 is 14.4. The Morgan fingerprint density at radius 2 is 1.04 bits per heavy atom. The van der Waals surface area contributed by atoms with E-state index in [0.29, 0.717) is 6.42 Å². The first-order chi connectivity index (χ1) is 11.5. The Morgan fingerprint density at radius 1 is 0.741 bits per heavy atom. The summed E-state index contributed by atoms with van der Waals surface area (Å²) in [7, 11) is -4.66. The van der Waals surface area contributed by atoms with Gasteiger partial charge in [-0.25, -0.2) is 4.57 Å². The van der Waals surface area contributed by atoms with Crippen LogP contribution in [0.25, 0.3) is 0 Å². The molecule has 9 heteroatoms. The average molecular weight is 475 g/mol. The van der Waals surface area contributed by atoms with Crippen molar-refractivity contribution in [2.24, 2.45) is 0 Å². The van der Waals surface area contributed by atoms with E-state index in [-0.39, 0.29) is 114 Å². The molecule has 0 atom stereocenters. The van der Waals surface area contributed by atoms with Crippen molar-refractivity contribution in [2.75, 3.05) is 0 Å². The minimum atomic E-state index is -4.66. The molecular formula is C18H43Ca2MgO5P. The van der Waals surface area contributed by atoms with E-state index in [1.54, 1.807) is 0 Å². The fourth-order valence-corrected chi connectivity index (χ4v) is 3.18. The summed E-state index contributed by atoms with van der Waals surface area (Å²) in [5.74, 6) is -0.807. The second-order valence-electron chi connectivity index (χ2n) is 6.65. The van der Waals surface area contributed by atoms with Crippen molar-refractivity contribution in [1.29, 1.82) is 0 Å². The van der Waals surface area contributed by atoms with Gasteiger partial charge in [-0.05, 0) is 6.42 Å². The molecule has 156 valence electrons. The monoisotopic (exact) mass is 474 g/mol. The van der Waals surface area contributed by atoms with E-state index < -0.39 is 13.8 Å². The molecule has 0 amide bonds. The average Bonchev–Trinajstić information content (AvgIpc) is 2.49. The summed E-state index contributed by atoms with van der Waals surface area (Å²) in [5.41, 5.74) is 0. The first-order valence-electron chi connectivity index (χ1n) is 9.73. The van der Waals surface area contributed by atoms with Crippen LogP contribution in [0.1, 0.15) is 118 Å². The third kappa shape index (κ3) is 33.7. The van der Waals surface area contributed by atoms with E-state index in [9.17, 15) is 9.36 Å². The van der Waals surface area contributed by atoms with E-state index in [1.807, 2.05) is 0 Å². The maximum Gasteiger partial charge on any atom is 2.00 e. The van der Waals surface area contributed by atoms with Crippen molar-refractivity contribution < 1.29 is 32.2 Å². The van der Waals surface area contributed by atoms with Gasteiger partial charge in [-0.1, -0.05) is 96.8 Å². The molecule has 0 saturated carbocycles. The molecule has 0 heterocycles. The Bertz CT molecular complexity index is 379. The summed E-state index contributed by atoms with van der Waals surface area (Å²) in [4.78, 5) is 28.0. The number of hydrogen-bond donors (Lipinski definition) is 2. The first kappa shape index (κ1) is 37.2. The van der Waals surface area contributed by atoms with E-state index in [2.05, 4.69) is 11.4 Å². The van der Waals surface area contributed by atoms with E-state index in [4.69, 9.17) is 9.79 Å². The Balaban J connectivity index is -0.0000000735. The smallest absolute Gasteiger partial charge is 1.00 e. The summed E-state index contributed by atoms with van der Waals surface area (Å²) in [6.07, 6.45) is 18.7. The number of phosphoric acid groups is 1. The largest absolute Gasteiger partial charge is 2.00 e. The minimum absolute atomic E-state index is 0. The van der Waals surface area contributed by atoms with Crippen LogP contribution >= 0.6 is 7.82 Å². The van der Waals surface area contributed by atoms with Gasteiger partial charge in [-0.3, -0.25) is 14.6 Å². The van der Waals surface area contributed by atoms with Gasteiger partial charge in [0.25, 0.3) is 0 Å². The number of phosphoric ester groups is 1. The van der Waals surface area contributed by atoms with E-state index in [1.165, 1.54) is 77.0 Å². The molecule has 0 aromatic heterocycles. The predicted molar refractivity (Wildman–Crippen MR) is 122 cm³/mol. The van der Waals surface area contributed by atoms with Crippen molar-refractivity contribution in [2.45, 2.75) is 110 Å². The van der Waals surface area contributed by atoms with Crippen LogP contribution in [0.4, 0.5) is 0 Å². The van der Waals surface area contributed by atoms with Gasteiger partial charge in [0.1, 0.15) is 0 Å². The van der Waals surface area contributed by atoms with E-state index >= 15 is 0 Å². The number of hydrogen-bond acceptors (Lipinski definition) is 3. The normalized spacial score (nSPS) is 10.3. The third-order valence-corrected chi connectivity index (χ3v) is 4.65. The van der Waals surface area contributed by atoms with Gasteiger partial charge in [-0.2, -0.15) is 0 Å². The second kappa shape index (κ2) is 26.9. The van der Waals surface area contributed by atoms with Crippen molar-refractivity contribution in [1.82, 2.24) is 0 Å². The standard InChI is InChI=1S/C18H37O5P.2Ca.Mg.6H/c1-2-3-4-5-6-7-8-9-10-11-12-13-14-15-16-17-18(19)23-24(20,21)22;;;;;;;;;/h2-17H2,1H3,(H2,20,21,22);;;;;;;;;/q;3*+2;6*-1. The van der Waals surface area contributed by atoms with Crippen molar-refractivity contribution in [3.05, 3.63) is 0 Å². The van der Waals surface area contributed by atoms with Crippen LogP contribution < -0.4 is 0 Å². The molecule has 2 N–H and O–H groups in total. The van der Waals surface area contributed by atoms with Crippen molar-refractivity contribution in [3.63, 3.8) is 0 Å². The Labute approximate surface area is 251 Å². The molecule has 0 radical (unpaired) electrons. The summed E-state index contributed by atoms with van der Waals surface area (Å²) >= 11 is 0. The summed E-state index contributed by atoms with van der Waals surface area (Å²) in [6, 6.07) is 0. The SMILES string of the molecule is CCCCCCCCCCCCCCCCCC(=O)OP(=O)(O)O.[Ca+2].[Ca+2].[H-].[H-].[H-].[H-].[H-].[H-].[Mg+2]. The number of rotatable bonds is 17. The van der Waals surface area contributed by atoms with Crippen molar-refractivity contribution in [3.8, 4) is 0 Å². The van der Waals surface area contributed by atoms with Gasteiger partial charge in [-0.15, -0.1) is 0 Å². The van der Waals surface area contributed by atoms with Gasteiger partial charge < -0.3 is 13.1 Å². The number of carbonyl (C=O) groups is 1. The molecule has 0 aliphatic carbocycles. The van der Waals surface area contributed by atoms with Crippen LogP contribution in [-0.2, 0) is 13.9 Å². The van der Waals surface area contributed by atoms with Crippen LogP contribution in [0.2, 0.25) is 0 Å². The maximum absolute atomic E-state index is 11.1. The van der Waals surface area contributed by atoms with Crippen LogP contribution in [0.15, 0.2) is 0 Å². The van der Waals surface area contributed by atoms with Gasteiger partial charge in [0.2, 0.25) is 0 Å². The molecule has 5 nitrogen and oxygen atoms in total. The maximum atomic E-state index is 11.1. The predicted octanol–water partition coefficient (Wildman–Crippen LogP) is 5.42. The number of carbonyl (C=O) groups excluding carboxylic acids is 1. The first-order valence-corrected chi connectivity index (χ1v) is 11.3. The zero-order valence-corrected chi connectivity index (χ0v) is 24.2. The molecule has 0 bridgehead atoms. The van der Waals surface area contributed by atoms with Crippen LogP contribution in [0, 0.1) is 0 Å². The topological polar surface area (TPSA) is 83.8 Å². The molecule has 0 aromatic carbocycles. The summed E-state index contributed by atoms with van der Waals surface area (Å²) in [5, 5.41) is 0. The molecule has 27 heavy (non-hydrogen) atoms. The third-order valence-electron chi connectivity index (χ3n) is 4.21. The van der Waals surface area contributed by atoms with Gasteiger partial charge in [0, 0.05) is 6.42 Å². The van der Waals surface area contributed by atoms with Crippen molar-refractivity contribution >= 4 is 112 Å². The minimum Gasteiger partial charge on any atom is -1.00 e. The fourth-order valence-electron chi connectivity index (χ4n) is 2.82. The Morgan fingerprint density at radius 3 is 1.33 bits per heavy atom. The van der Waals surface area contributed by atoms with Crippen LogP contribution in [0.3, 0.4) is 0 Å². The van der Waals surface area contributed by atoms with Crippen LogP contribution in [-0.4, -0.2) is 114 Å². The molecular weight excluding hydrogens is 432 g/mol. The van der Waals surface area contributed by atoms with Gasteiger partial charge in [0.05, 0.1) is 0 Å². The van der Waals surface area contributed by atoms with Gasteiger partial charge in [0.15, 0.2) is 0 Å². The van der Waals surface area contributed by atoms with Gasteiger partial charge >= 0.3 is 112 Å². The fraction of sp³-hybridized carbons (Fsp3) is 0.944. The Kier molecular flexibility index (Phi) is 37.2. The molecule has 0 spiro atoms. The Hall–Kier alpha value is 2.91. The quantitative estimate of drug-likeness (QED) is 0.167. The molecule has 0 aromatic rings. The molecule has 0 saturated heterocycles.